The van der Waals surface area contributed by atoms with Gasteiger partial charge in [0.25, 0.3) is 0 Å². The predicted octanol–water partition coefficient (Wildman–Crippen LogP) is 4.10. The molecule has 2 aromatic carbocycles. The number of amides is 1. The molecule has 0 aliphatic carbocycles. The van der Waals surface area contributed by atoms with E-state index in [-0.39, 0.29) is 11.9 Å². The third-order valence-corrected chi connectivity index (χ3v) is 4.46. The molecule has 0 aromatic heterocycles. The fourth-order valence-corrected chi connectivity index (χ4v) is 3.00. The Hall–Kier alpha value is -2.33. The Bertz CT molecular complexity index is 766. The standard InChI is InChI=1S/C19H20ClN3O/c1-13(24)23-19(15-6-10-17(11-7-15)22(2)3)12-18(21-23)14-4-8-16(20)9-5-14/h4-11,19H,12H2,1-3H3/t19-/m0/s1. The number of benzene rings is 2. The largest absolute Gasteiger partial charge is 0.378 e. The van der Waals surface area contributed by atoms with Crippen molar-refractivity contribution in [3.63, 3.8) is 0 Å². The Morgan fingerprint density at radius 1 is 1.12 bits per heavy atom. The Labute approximate surface area is 147 Å². The number of hydrazone groups is 1. The first-order chi connectivity index (χ1) is 11.5. The Kier molecular flexibility index (Phi) is 4.58. The van der Waals surface area contributed by atoms with Crippen LogP contribution in [0.1, 0.15) is 30.5 Å². The van der Waals surface area contributed by atoms with Crippen molar-refractivity contribution < 1.29 is 4.79 Å². The van der Waals surface area contributed by atoms with Gasteiger partial charge in [0, 0.05) is 38.1 Å². The van der Waals surface area contributed by atoms with Crippen molar-refractivity contribution in [1.82, 2.24) is 5.01 Å². The van der Waals surface area contributed by atoms with Crippen molar-refractivity contribution in [1.29, 1.82) is 0 Å². The molecule has 1 heterocycles. The first-order valence-corrected chi connectivity index (χ1v) is 8.24. The lowest BCUT2D eigenvalue weighted by Gasteiger charge is -2.21. The van der Waals surface area contributed by atoms with E-state index in [1.165, 1.54) is 0 Å². The molecule has 0 bridgehead atoms. The second-order valence-electron chi connectivity index (χ2n) is 6.12. The average molecular weight is 342 g/mol. The van der Waals surface area contributed by atoms with Crippen molar-refractivity contribution >= 4 is 28.9 Å². The molecular weight excluding hydrogens is 322 g/mol. The number of halogens is 1. The molecule has 0 saturated heterocycles. The molecule has 2 aromatic rings. The highest BCUT2D eigenvalue weighted by Crippen LogP contribution is 2.33. The summed E-state index contributed by atoms with van der Waals surface area (Å²) in [6, 6.07) is 15.8. The molecule has 124 valence electrons. The number of hydrogen-bond acceptors (Lipinski definition) is 3. The van der Waals surface area contributed by atoms with Crippen molar-refractivity contribution in [2.24, 2.45) is 5.10 Å². The number of anilines is 1. The molecule has 5 heteroatoms. The summed E-state index contributed by atoms with van der Waals surface area (Å²) in [5.41, 5.74) is 4.12. The van der Waals surface area contributed by atoms with Gasteiger partial charge in [-0.3, -0.25) is 4.79 Å². The predicted molar refractivity (Wildman–Crippen MR) is 98.6 cm³/mol. The van der Waals surface area contributed by atoms with E-state index in [1.54, 1.807) is 11.9 Å². The van der Waals surface area contributed by atoms with Crippen LogP contribution in [-0.2, 0) is 4.79 Å². The molecule has 4 nitrogen and oxygen atoms in total. The van der Waals surface area contributed by atoms with Gasteiger partial charge in [0.05, 0.1) is 11.8 Å². The van der Waals surface area contributed by atoms with Crippen LogP contribution in [0.4, 0.5) is 5.69 Å². The maximum absolute atomic E-state index is 12.0. The minimum atomic E-state index is -0.0654. The summed E-state index contributed by atoms with van der Waals surface area (Å²) < 4.78 is 0. The zero-order valence-electron chi connectivity index (χ0n) is 14.0. The highest BCUT2D eigenvalue weighted by atomic mass is 35.5. The topological polar surface area (TPSA) is 35.9 Å². The molecule has 1 aliphatic heterocycles. The maximum atomic E-state index is 12.0. The molecule has 1 atom stereocenters. The van der Waals surface area contributed by atoms with Crippen molar-refractivity contribution in [3.8, 4) is 0 Å². The molecule has 0 unspecified atom stereocenters. The van der Waals surface area contributed by atoms with E-state index < -0.39 is 0 Å². The van der Waals surface area contributed by atoms with Crippen LogP contribution < -0.4 is 4.90 Å². The molecule has 3 rings (SSSR count). The lowest BCUT2D eigenvalue weighted by molar-refractivity contribution is -0.130. The quantitative estimate of drug-likeness (QED) is 0.842. The number of hydrogen-bond donors (Lipinski definition) is 0. The van der Waals surface area contributed by atoms with Gasteiger partial charge in [-0.25, -0.2) is 5.01 Å². The fourth-order valence-electron chi connectivity index (χ4n) is 2.87. The number of carbonyl (C=O) groups excluding carboxylic acids is 1. The van der Waals surface area contributed by atoms with Crippen LogP contribution in [0.3, 0.4) is 0 Å². The van der Waals surface area contributed by atoms with Crippen molar-refractivity contribution in [3.05, 3.63) is 64.7 Å². The van der Waals surface area contributed by atoms with Gasteiger partial charge in [0.1, 0.15) is 0 Å². The van der Waals surface area contributed by atoms with Crippen molar-refractivity contribution in [2.45, 2.75) is 19.4 Å². The average Bonchev–Trinajstić information content (AvgIpc) is 3.01. The lowest BCUT2D eigenvalue weighted by atomic mass is 9.98. The van der Waals surface area contributed by atoms with E-state index >= 15 is 0 Å². The van der Waals surface area contributed by atoms with Crippen LogP contribution in [0.2, 0.25) is 5.02 Å². The summed E-state index contributed by atoms with van der Waals surface area (Å²) in [5, 5.41) is 6.82. The molecule has 0 fully saturated rings. The zero-order chi connectivity index (χ0) is 17.3. The maximum Gasteiger partial charge on any atom is 0.240 e. The van der Waals surface area contributed by atoms with E-state index in [1.807, 2.05) is 38.4 Å². The summed E-state index contributed by atoms with van der Waals surface area (Å²) in [6.07, 6.45) is 0.697. The molecule has 24 heavy (non-hydrogen) atoms. The van der Waals surface area contributed by atoms with Crippen LogP contribution in [0.5, 0.6) is 0 Å². The van der Waals surface area contributed by atoms with Crippen LogP contribution in [0.15, 0.2) is 53.6 Å². The lowest BCUT2D eigenvalue weighted by Crippen LogP contribution is -2.24. The van der Waals surface area contributed by atoms with Gasteiger partial charge in [-0.2, -0.15) is 5.10 Å². The van der Waals surface area contributed by atoms with E-state index in [0.717, 1.165) is 22.5 Å². The summed E-state index contributed by atoms with van der Waals surface area (Å²) in [5.74, 6) is -0.0550. The monoisotopic (exact) mass is 341 g/mol. The highest BCUT2D eigenvalue weighted by Gasteiger charge is 2.31. The van der Waals surface area contributed by atoms with Crippen molar-refractivity contribution in [2.75, 3.05) is 19.0 Å². The smallest absolute Gasteiger partial charge is 0.240 e. The summed E-state index contributed by atoms with van der Waals surface area (Å²) in [4.78, 5) is 14.1. The second kappa shape index (κ2) is 6.65. The molecular formula is C19H20ClN3O. The molecule has 1 amide bonds. The Balaban J connectivity index is 1.89. The van der Waals surface area contributed by atoms with Gasteiger partial charge in [-0.15, -0.1) is 0 Å². The molecule has 1 aliphatic rings. The first kappa shape index (κ1) is 16.5. The normalized spacial score (nSPS) is 16.9. The summed E-state index contributed by atoms with van der Waals surface area (Å²) in [7, 11) is 4.02. The third-order valence-electron chi connectivity index (χ3n) is 4.20. The van der Waals surface area contributed by atoms with Crippen LogP contribution in [0.25, 0.3) is 0 Å². The number of rotatable bonds is 3. The van der Waals surface area contributed by atoms with Gasteiger partial charge in [0.15, 0.2) is 0 Å². The van der Waals surface area contributed by atoms with Crippen LogP contribution in [0, 0.1) is 0 Å². The fraction of sp³-hybridized carbons (Fsp3) is 0.263. The number of nitrogens with zero attached hydrogens (tertiary/aromatic N) is 3. The van der Waals surface area contributed by atoms with Gasteiger partial charge >= 0.3 is 0 Å². The minimum Gasteiger partial charge on any atom is -0.378 e. The minimum absolute atomic E-state index is 0.0550. The van der Waals surface area contributed by atoms with Gasteiger partial charge in [0.2, 0.25) is 5.91 Å². The van der Waals surface area contributed by atoms with Gasteiger partial charge in [-0.1, -0.05) is 35.9 Å². The highest BCUT2D eigenvalue weighted by molar-refractivity contribution is 6.30. The number of carbonyl (C=O) groups is 1. The first-order valence-electron chi connectivity index (χ1n) is 7.86. The van der Waals surface area contributed by atoms with Gasteiger partial charge < -0.3 is 4.90 Å². The third kappa shape index (κ3) is 3.29. The summed E-state index contributed by atoms with van der Waals surface area (Å²) in [6.45, 7) is 1.55. The molecule has 0 spiro atoms. The van der Waals surface area contributed by atoms with E-state index in [0.29, 0.717) is 11.4 Å². The summed E-state index contributed by atoms with van der Waals surface area (Å²) >= 11 is 5.95. The Morgan fingerprint density at radius 3 is 2.29 bits per heavy atom. The van der Waals surface area contributed by atoms with E-state index in [9.17, 15) is 4.79 Å². The Morgan fingerprint density at radius 2 is 1.75 bits per heavy atom. The van der Waals surface area contributed by atoms with Crippen LogP contribution in [-0.4, -0.2) is 30.7 Å². The van der Waals surface area contributed by atoms with Crippen LogP contribution >= 0.6 is 11.6 Å². The van der Waals surface area contributed by atoms with Gasteiger partial charge in [-0.05, 0) is 35.4 Å². The molecule has 0 saturated carbocycles. The molecule has 0 N–H and O–H groups in total. The zero-order valence-corrected chi connectivity index (χ0v) is 14.8. The second-order valence-corrected chi connectivity index (χ2v) is 6.56. The van der Waals surface area contributed by atoms with E-state index in [2.05, 4.69) is 34.3 Å². The van der Waals surface area contributed by atoms with E-state index in [4.69, 9.17) is 11.6 Å². The molecule has 0 radical (unpaired) electrons. The SMILES string of the molecule is CC(=O)N1N=C(c2ccc(Cl)cc2)C[C@H]1c1ccc(N(C)C)cc1.